The van der Waals surface area contributed by atoms with E-state index >= 15 is 0 Å². The van der Waals surface area contributed by atoms with Crippen LogP contribution in [0.25, 0.3) is 10.4 Å². The number of anilines is 1. The van der Waals surface area contributed by atoms with Crippen molar-refractivity contribution in [3.63, 3.8) is 0 Å². The van der Waals surface area contributed by atoms with E-state index in [0.717, 1.165) is 46.6 Å². The molecule has 1 aromatic heterocycles. The minimum atomic E-state index is -3.61. The van der Waals surface area contributed by atoms with Gasteiger partial charge in [-0.25, -0.2) is 18.1 Å². The van der Waals surface area contributed by atoms with E-state index in [4.69, 9.17) is 4.74 Å². The fourth-order valence-corrected chi connectivity index (χ4v) is 6.34. The summed E-state index contributed by atoms with van der Waals surface area (Å²) < 4.78 is 33.7. The number of ether oxygens (including phenoxy) is 1. The summed E-state index contributed by atoms with van der Waals surface area (Å²) in [5.74, 6) is 1.09. The largest absolute Gasteiger partial charge is 0.495 e. The smallest absolute Gasteiger partial charge is 0.244 e. The predicted molar refractivity (Wildman–Crippen MR) is 117 cm³/mol. The summed E-state index contributed by atoms with van der Waals surface area (Å²) in [5.41, 5.74) is 1.76. The Bertz CT molecular complexity index is 962. The van der Waals surface area contributed by atoms with Crippen LogP contribution < -0.4 is 14.8 Å². The molecule has 1 aromatic carbocycles. The van der Waals surface area contributed by atoms with Crippen LogP contribution in [0.5, 0.6) is 5.75 Å². The average Bonchev–Trinajstić information content (AvgIpc) is 3.45. The summed E-state index contributed by atoms with van der Waals surface area (Å²) in [7, 11) is -2.11. The fourth-order valence-electron chi connectivity index (χ4n) is 3.87. The number of sulfonamides is 1. The molecule has 8 heteroatoms. The molecule has 2 aliphatic carbocycles. The Balaban J connectivity index is 1.56. The van der Waals surface area contributed by atoms with Gasteiger partial charge in [-0.3, -0.25) is 0 Å². The third-order valence-corrected chi connectivity index (χ3v) is 8.38. The first kappa shape index (κ1) is 20.6. The van der Waals surface area contributed by atoms with Crippen molar-refractivity contribution in [2.45, 2.75) is 62.8 Å². The van der Waals surface area contributed by atoms with Crippen LogP contribution in [-0.2, 0) is 10.0 Å². The van der Waals surface area contributed by atoms with Gasteiger partial charge in [-0.1, -0.05) is 30.6 Å². The van der Waals surface area contributed by atoms with Crippen molar-refractivity contribution in [3.05, 3.63) is 23.9 Å². The Morgan fingerprint density at radius 3 is 2.62 bits per heavy atom. The van der Waals surface area contributed by atoms with Crippen LogP contribution in [0.2, 0.25) is 0 Å². The van der Waals surface area contributed by atoms with Crippen molar-refractivity contribution >= 4 is 26.5 Å². The molecule has 0 saturated heterocycles. The number of thiazole rings is 1. The molecule has 2 N–H and O–H groups in total. The molecule has 0 atom stereocenters. The van der Waals surface area contributed by atoms with Crippen molar-refractivity contribution in [3.8, 4) is 16.2 Å². The van der Waals surface area contributed by atoms with Crippen LogP contribution >= 0.6 is 11.3 Å². The molecule has 0 bridgehead atoms. The molecular weight excluding hydrogens is 406 g/mol. The molecule has 2 saturated carbocycles. The van der Waals surface area contributed by atoms with E-state index in [9.17, 15) is 8.42 Å². The summed E-state index contributed by atoms with van der Waals surface area (Å²) >= 11 is 1.58. The molecule has 2 fully saturated rings. The number of aromatic nitrogens is 1. The first-order valence-corrected chi connectivity index (χ1v) is 12.7. The second-order valence-corrected chi connectivity index (χ2v) is 10.8. The molecule has 6 nitrogen and oxygen atoms in total. The third-order valence-electron chi connectivity index (χ3n) is 5.68. The quantitative estimate of drug-likeness (QED) is 0.635. The topological polar surface area (TPSA) is 80.3 Å². The Morgan fingerprint density at radius 1 is 1.17 bits per heavy atom. The number of methoxy groups -OCH3 is 1. The van der Waals surface area contributed by atoms with Crippen LogP contribution in [-0.4, -0.2) is 33.1 Å². The summed E-state index contributed by atoms with van der Waals surface area (Å²) in [5, 5.41) is 4.40. The first-order chi connectivity index (χ1) is 14.0. The predicted octanol–water partition coefficient (Wildman–Crippen LogP) is 4.56. The third kappa shape index (κ3) is 4.92. The highest BCUT2D eigenvalue weighted by Crippen LogP contribution is 2.37. The molecule has 0 amide bonds. The van der Waals surface area contributed by atoms with E-state index in [2.05, 4.69) is 15.0 Å². The highest BCUT2D eigenvalue weighted by Gasteiger charge is 2.30. The maximum atomic E-state index is 12.8. The summed E-state index contributed by atoms with van der Waals surface area (Å²) in [6, 6.07) is 5.38. The van der Waals surface area contributed by atoms with Crippen molar-refractivity contribution in [2.24, 2.45) is 5.92 Å². The molecule has 158 valence electrons. The van der Waals surface area contributed by atoms with Crippen LogP contribution in [0.4, 0.5) is 5.13 Å². The lowest BCUT2D eigenvalue weighted by molar-refractivity contribution is 0.373. The minimum absolute atomic E-state index is 0.0501. The Hall–Kier alpha value is -1.64. The highest BCUT2D eigenvalue weighted by atomic mass is 32.2. The van der Waals surface area contributed by atoms with Gasteiger partial charge >= 0.3 is 0 Å². The molecule has 2 aliphatic rings. The summed E-state index contributed by atoms with van der Waals surface area (Å²) in [6.07, 6.45) is 8.38. The van der Waals surface area contributed by atoms with Crippen LogP contribution in [0.3, 0.4) is 0 Å². The van der Waals surface area contributed by atoms with E-state index < -0.39 is 10.0 Å². The van der Waals surface area contributed by atoms with Crippen LogP contribution in [0.1, 0.15) is 50.6 Å². The standard InChI is InChI=1S/C21H29N3O3S2/c1-14-20(28-21(23-14)22-13-15-6-4-3-5-7-15)16-8-11-18(27-2)19(12-16)29(25,26)24-17-9-10-17/h8,11-12,15,17,24H,3-7,9-10,13H2,1-2H3,(H,22,23). The Kier molecular flexibility index (Phi) is 6.13. The lowest BCUT2D eigenvalue weighted by atomic mass is 9.89. The molecule has 2 aromatic rings. The van der Waals surface area contributed by atoms with Crippen LogP contribution in [0.15, 0.2) is 23.1 Å². The average molecular weight is 436 g/mol. The highest BCUT2D eigenvalue weighted by molar-refractivity contribution is 7.89. The van der Waals surface area contributed by atoms with Crippen molar-refractivity contribution in [1.29, 1.82) is 0 Å². The van der Waals surface area contributed by atoms with Crippen molar-refractivity contribution < 1.29 is 13.2 Å². The maximum Gasteiger partial charge on any atom is 0.244 e. The zero-order valence-electron chi connectivity index (χ0n) is 17.0. The molecule has 4 rings (SSSR count). The molecule has 0 radical (unpaired) electrons. The van der Waals surface area contributed by atoms with Gasteiger partial charge in [0, 0.05) is 12.6 Å². The molecule has 0 spiro atoms. The van der Waals surface area contributed by atoms with Gasteiger partial charge in [0.1, 0.15) is 10.6 Å². The molecule has 0 aliphatic heterocycles. The van der Waals surface area contributed by atoms with E-state index in [0.29, 0.717) is 5.75 Å². The van der Waals surface area contributed by atoms with Gasteiger partial charge in [0.25, 0.3) is 0 Å². The van der Waals surface area contributed by atoms with Gasteiger partial charge in [0.05, 0.1) is 17.7 Å². The second kappa shape index (κ2) is 8.62. The van der Waals surface area contributed by atoms with E-state index in [1.54, 1.807) is 23.5 Å². The zero-order valence-corrected chi connectivity index (χ0v) is 18.7. The van der Waals surface area contributed by atoms with Gasteiger partial charge < -0.3 is 10.1 Å². The Morgan fingerprint density at radius 2 is 1.93 bits per heavy atom. The SMILES string of the molecule is COc1ccc(-c2sc(NCC3CCCCC3)nc2C)cc1S(=O)(=O)NC1CC1. The number of rotatable bonds is 8. The van der Waals surface area contributed by atoms with E-state index in [-0.39, 0.29) is 10.9 Å². The lowest BCUT2D eigenvalue weighted by Crippen LogP contribution is -2.26. The van der Waals surface area contributed by atoms with Gasteiger partial charge in [-0.2, -0.15) is 0 Å². The number of nitrogens with zero attached hydrogens (tertiary/aromatic N) is 1. The van der Waals surface area contributed by atoms with Crippen LogP contribution in [0, 0.1) is 12.8 Å². The monoisotopic (exact) mass is 435 g/mol. The maximum absolute atomic E-state index is 12.8. The number of nitrogens with one attached hydrogen (secondary N) is 2. The number of benzene rings is 1. The first-order valence-electron chi connectivity index (χ1n) is 10.4. The van der Waals surface area contributed by atoms with E-state index in [1.165, 1.54) is 39.2 Å². The zero-order chi connectivity index (χ0) is 20.4. The number of hydrogen-bond acceptors (Lipinski definition) is 6. The minimum Gasteiger partial charge on any atom is -0.495 e. The van der Waals surface area contributed by atoms with Gasteiger partial charge in [0.15, 0.2) is 5.13 Å². The molecular formula is C21H29N3O3S2. The molecule has 29 heavy (non-hydrogen) atoms. The lowest BCUT2D eigenvalue weighted by Gasteiger charge is -2.21. The number of hydrogen-bond donors (Lipinski definition) is 2. The number of aryl methyl sites for hydroxylation is 1. The Labute approximate surface area is 177 Å². The van der Waals surface area contributed by atoms with Gasteiger partial charge in [-0.15, -0.1) is 0 Å². The fraction of sp³-hybridized carbons (Fsp3) is 0.571. The summed E-state index contributed by atoms with van der Waals surface area (Å²) in [6.45, 7) is 2.93. The van der Waals surface area contributed by atoms with Gasteiger partial charge in [-0.05, 0) is 62.3 Å². The normalized spacial score (nSPS) is 18.0. The molecule has 0 unspecified atom stereocenters. The second-order valence-electron chi connectivity index (χ2n) is 8.08. The molecule has 1 heterocycles. The summed E-state index contributed by atoms with van der Waals surface area (Å²) in [4.78, 5) is 5.85. The van der Waals surface area contributed by atoms with Crippen molar-refractivity contribution in [2.75, 3.05) is 19.0 Å². The van der Waals surface area contributed by atoms with Gasteiger partial charge in [0.2, 0.25) is 10.0 Å². The van der Waals surface area contributed by atoms with E-state index in [1.807, 2.05) is 13.0 Å². The van der Waals surface area contributed by atoms with Crippen molar-refractivity contribution in [1.82, 2.24) is 9.71 Å².